The van der Waals surface area contributed by atoms with E-state index in [1.54, 1.807) is 41.8 Å². The van der Waals surface area contributed by atoms with E-state index in [4.69, 9.17) is 4.74 Å². The van der Waals surface area contributed by atoms with Crippen LogP contribution in [0, 0.1) is 6.92 Å². The van der Waals surface area contributed by atoms with Gasteiger partial charge in [0.25, 0.3) is 11.5 Å². The normalized spacial score (nSPS) is 13.9. The van der Waals surface area contributed by atoms with E-state index in [0.717, 1.165) is 30.1 Å². The number of carbonyl (C=O) groups excluding carboxylic acids is 1. The molecule has 6 rings (SSSR count). The summed E-state index contributed by atoms with van der Waals surface area (Å²) in [5.41, 5.74) is 4.02. The Bertz CT molecular complexity index is 1650. The first-order chi connectivity index (χ1) is 17.6. The zero-order valence-corrected chi connectivity index (χ0v) is 19.7. The second-order valence-corrected chi connectivity index (χ2v) is 8.71. The molecule has 36 heavy (non-hydrogen) atoms. The Morgan fingerprint density at radius 3 is 2.56 bits per heavy atom. The molecule has 0 spiro atoms. The third-order valence-corrected chi connectivity index (χ3v) is 6.37. The molecule has 2 N–H and O–H groups in total. The minimum atomic E-state index is -0.241. The van der Waals surface area contributed by atoms with Crippen molar-refractivity contribution in [1.29, 1.82) is 0 Å². The maximum atomic E-state index is 13.0. The lowest BCUT2D eigenvalue weighted by Gasteiger charge is -2.26. The summed E-state index contributed by atoms with van der Waals surface area (Å²) in [7, 11) is 0. The number of amides is 1. The highest BCUT2D eigenvalue weighted by molar-refractivity contribution is 6.05. The topological polar surface area (TPSA) is 105 Å². The largest absolute Gasteiger partial charge is 0.378 e. The van der Waals surface area contributed by atoms with Crippen molar-refractivity contribution in [2.45, 2.75) is 6.92 Å². The van der Waals surface area contributed by atoms with Crippen LogP contribution in [0.2, 0.25) is 0 Å². The molecule has 9 nitrogen and oxygen atoms in total. The lowest BCUT2D eigenvalue weighted by Crippen LogP contribution is -2.36. The van der Waals surface area contributed by atoms with Crippen LogP contribution in [0.15, 0.2) is 71.5 Å². The Morgan fingerprint density at radius 1 is 0.972 bits per heavy atom. The van der Waals surface area contributed by atoms with Crippen molar-refractivity contribution in [3.8, 4) is 5.69 Å². The van der Waals surface area contributed by atoms with E-state index in [-0.39, 0.29) is 11.5 Å². The van der Waals surface area contributed by atoms with Gasteiger partial charge in [0.05, 0.1) is 40.8 Å². The number of imidazole rings is 1. The maximum absolute atomic E-state index is 13.0. The zero-order chi connectivity index (χ0) is 24.6. The summed E-state index contributed by atoms with van der Waals surface area (Å²) in [6.07, 6.45) is 0. The molecule has 3 heterocycles. The lowest BCUT2D eigenvalue weighted by molar-refractivity contribution is 0.102. The first kappa shape index (κ1) is 22.0. The van der Waals surface area contributed by atoms with Gasteiger partial charge in [0.2, 0.25) is 5.95 Å². The van der Waals surface area contributed by atoms with Crippen molar-refractivity contribution >= 4 is 39.5 Å². The van der Waals surface area contributed by atoms with E-state index >= 15 is 0 Å². The van der Waals surface area contributed by atoms with Gasteiger partial charge >= 0.3 is 0 Å². The average Bonchev–Trinajstić information content (AvgIpc) is 3.33. The number of aryl methyl sites for hydroxylation is 1. The average molecular weight is 481 g/mol. The molecule has 0 saturated carbocycles. The highest BCUT2D eigenvalue weighted by Crippen LogP contribution is 2.22. The molecule has 1 aliphatic heterocycles. The number of benzene rings is 3. The number of fused-ring (bicyclic) bond motifs is 2. The molecule has 5 aromatic rings. The maximum Gasteiger partial charge on any atom is 0.265 e. The Balaban J connectivity index is 1.22. The molecule has 3 aromatic carbocycles. The van der Waals surface area contributed by atoms with Crippen molar-refractivity contribution < 1.29 is 9.53 Å². The molecule has 180 valence electrons. The number of morpholine rings is 1. The number of hydrogen-bond donors (Lipinski definition) is 2. The van der Waals surface area contributed by atoms with Crippen LogP contribution in [-0.2, 0) is 4.74 Å². The monoisotopic (exact) mass is 480 g/mol. The van der Waals surface area contributed by atoms with Gasteiger partial charge in [-0.1, -0.05) is 12.1 Å². The molecule has 0 unspecified atom stereocenters. The van der Waals surface area contributed by atoms with E-state index in [9.17, 15) is 9.59 Å². The van der Waals surface area contributed by atoms with Gasteiger partial charge in [-0.2, -0.15) is 0 Å². The predicted molar refractivity (Wildman–Crippen MR) is 139 cm³/mol. The van der Waals surface area contributed by atoms with Crippen LogP contribution in [0.25, 0.3) is 27.6 Å². The standard InChI is InChI=1S/C27H24N6O3/c1-17-28-22-5-3-2-4-21(22)26(35)33(17)20-9-6-18(7-10-20)25(34)29-19-8-11-23-24(16-19)31-27(30-23)32-12-14-36-15-13-32/h2-11,16H,12-15H2,1H3,(H,29,34)(H,30,31). The SMILES string of the molecule is Cc1nc2ccccc2c(=O)n1-c1ccc(C(=O)Nc2ccc3nc(N4CCOCC4)[nH]c3c2)cc1. The number of para-hydroxylation sites is 1. The summed E-state index contributed by atoms with van der Waals surface area (Å²) in [6, 6.07) is 19.8. The number of hydrogen-bond acceptors (Lipinski definition) is 6. The second kappa shape index (κ2) is 8.94. The van der Waals surface area contributed by atoms with E-state index in [1.807, 2.05) is 36.4 Å². The van der Waals surface area contributed by atoms with E-state index in [0.29, 0.717) is 46.9 Å². The minimum absolute atomic E-state index is 0.139. The van der Waals surface area contributed by atoms with Crippen LogP contribution in [0.3, 0.4) is 0 Å². The highest BCUT2D eigenvalue weighted by Gasteiger charge is 2.16. The first-order valence-corrected chi connectivity index (χ1v) is 11.8. The predicted octanol–water partition coefficient (Wildman–Crippen LogP) is 3.66. The Morgan fingerprint density at radius 2 is 1.75 bits per heavy atom. The van der Waals surface area contributed by atoms with Crippen molar-refractivity contribution in [2.24, 2.45) is 0 Å². The third-order valence-electron chi connectivity index (χ3n) is 6.37. The third kappa shape index (κ3) is 3.99. The van der Waals surface area contributed by atoms with Crippen LogP contribution in [-0.4, -0.2) is 51.7 Å². The summed E-state index contributed by atoms with van der Waals surface area (Å²) in [5.74, 6) is 1.15. The fourth-order valence-corrected chi connectivity index (χ4v) is 4.51. The smallest absolute Gasteiger partial charge is 0.265 e. The summed E-state index contributed by atoms with van der Waals surface area (Å²) >= 11 is 0. The quantitative estimate of drug-likeness (QED) is 0.407. The van der Waals surface area contributed by atoms with E-state index in [2.05, 4.69) is 25.2 Å². The van der Waals surface area contributed by atoms with Gasteiger partial charge < -0.3 is 19.9 Å². The molecule has 0 aliphatic carbocycles. The first-order valence-electron chi connectivity index (χ1n) is 11.8. The summed E-state index contributed by atoms with van der Waals surface area (Å²) in [4.78, 5) is 40.7. The van der Waals surface area contributed by atoms with Gasteiger partial charge in [-0.25, -0.2) is 9.97 Å². The highest BCUT2D eigenvalue weighted by atomic mass is 16.5. The van der Waals surface area contributed by atoms with Crippen LogP contribution in [0.1, 0.15) is 16.2 Å². The summed E-state index contributed by atoms with van der Waals surface area (Å²) in [6.45, 7) is 4.75. The minimum Gasteiger partial charge on any atom is -0.378 e. The van der Waals surface area contributed by atoms with Crippen molar-refractivity contribution in [3.05, 3.63) is 88.5 Å². The zero-order valence-electron chi connectivity index (χ0n) is 19.7. The molecular weight excluding hydrogens is 456 g/mol. The summed E-state index contributed by atoms with van der Waals surface area (Å²) < 4.78 is 6.97. The van der Waals surface area contributed by atoms with Gasteiger partial charge in [0.1, 0.15) is 5.82 Å². The molecule has 0 bridgehead atoms. The number of carbonyl (C=O) groups is 1. The Hall–Kier alpha value is -4.50. The molecule has 1 fully saturated rings. The number of nitrogens with one attached hydrogen (secondary N) is 2. The van der Waals surface area contributed by atoms with Gasteiger partial charge in [-0.3, -0.25) is 14.2 Å². The van der Waals surface area contributed by atoms with Gasteiger partial charge in [0, 0.05) is 24.3 Å². The van der Waals surface area contributed by atoms with Gasteiger partial charge in [-0.15, -0.1) is 0 Å². The fourth-order valence-electron chi connectivity index (χ4n) is 4.51. The Labute approximate surface area is 206 Å². The second-order valence-electron chi connectivity index (χ2n) is 8.71. The number of nitrogens with zero attached hydrogens (tertiary/aromatic N) is 4. The van der Waals surface area contributed by atoms with Gasteiger partial charge in [0.15, 0.2) is 0 Å². The molecule has 0 atom stereocenters. The van der Waals surface area contributed by atoms with Gasteiger partial charge in [-0.05, 0) is 61.5 Å². The molecule has 1 amide bonds. The fraction of sp³-hybridized carbons (Fsp3) is 0.185. The lowest BCUT2D eigenvalue weighted by atomic mass is 10.1. The molecule has 9 heteroatoms. The van der Waals surface area contributed by atoms with Crippen molar-refractivity contribution in [3.63, 3.8) is 0 Å². The van der Waals surface area contributed by atoms with Crippen LogP contribution < -0.4 is 15.8 Å². The van der Waals surface area contributed by atoms with Crippen molar-refractivity contribution in [1.82, 2.24) is 19.5 Å². The number of anilines is 2. The summed E-state index contributed by atoms with van der Waals surface area (Å²) in [5, 5.41) is 3.50. The number of rotatable bonds is 4. The van der Waals surface area contributed by atoms with Crippen LogP contribution >= 0.6 is 0 Å². The van der Waals surface area contributed by atoms with E-state index < -0.39 is 0 Å². The van der Waals surface area contributed by atoms with E-state index in [1.165, 1.54) is 0 Å². The number of H-pyrrole nitrogens is 1. The molecule has 2 aromatic heterocycles. The van der Waals surface area contributed by atoms with Crippen LogP contribution in [0.4, 0.5) is 11.6 Å². The number of ether oxygens (including phenoxy) is 1. The molecular formula is C27H24N6O3. The number of aromatic amines is 1. The Kier molecular flexibility index (Phi) is 5.46. The molecule has 1 aliphatic rings. The van der Waals surface area contributed by atoms with Crippen LogP contribution in [0.5, 0.6) is 0 Å². The van der Waals surface area contributed by atoms with Crippen molar-refractivity contribution in [2.75, 3.05) is 36.5 Å². The molecule has 1 saturated heterocycles. The molecule has 0 radical (unpaired) electrons. The number of aromatic nitrogens is 4.